The maximum absolute atomic E-state index is 12.0. The van der Waals surface area contributed by atoms with Gasteiger partial charge in [0.2, 0.25) is 0 Å². The Balaban J connectivity index is 2.04. The van der Waals surface area contributed by atoms with Crippen molar-refractivity contribution < 1.29 is 4.79 Å². The number of hydrogen-bond acceptors (Lipinski definition) is 3. The topological polar surface area (TPSA) is 32.3 Å². The summed E-state index contributed by atoms with van der Waals surface area (Å²) >= 11 is 2.02. The smallest absolute Gasteiger partial charge is 0.255 e. The van der Waals surface area contributed by atoms with Gasteiger partial charge in [-0.25, -0.2) is 0 Å². The summed E-state index contributed by atoms with van der Waals surface area (Å²) in [6.45, 7) is 0.963. The molecule has 98 valence electrons. The number of carbonyl (C=O) groups is 1. The van der Waals surface area contributed by atoms with Crippen molar-refractivity contribution in [3.8, 4) is 0 Å². The van der Waals surface area contributed by atoms with Gasteiger partial charge in [-0.1, -0.05) is 12.1 Å². The molecule has 1 saturated heterocycles. The van der Waals surface area contributed by atoms with Gasteiger partial charge in [0.25, 0.3) is 5.91 Å². The maximum Gasteiger partial charge on any atom is 0.255 e. The summed E-state index contributed by atoms with van der Waals surface area (Å²) in [5.74, 6) is 3.29. The van der Waals surface area contributed by atoms with Crippen LogP contribution in [0.25, 0.3) is 0 Å². The van der Waals surface area contributed by atoms with Crippen LogP contribution < -0.4 is 5.32 Å². The lowest BCUT2D eigenvalue weighted by molar-refractivity contribution is 0.0828. The second-order valence-electron chi connectivity index (χ2n) is 4.86. The Labute approximate surface area is 113 Å². The zero-order valence-electron chi connectivity index (χ0n) is 11.0. The highest BCUT2D eigenvalue weighted by molar-refractivity contribution is 7.99. The van der Waals surface area contributed by atoms with Gasteiger partial charge >= 0.3 is 0 Å². The maximum atomic E-state index is 12.0. The molecule has 1 N–H and O–H groups in total. The fourth-order valence-corrected chi connectivity index (χ4v) is 3.35. The molecule has 1 amide bonds. The Morgan fingerprint density at radius 3 is 2.89 bits per heavy atom. The Kier molecular flexibility index (Phi) is 4.53. The molecule has 2 rings (SSSR count). The van der Waals surface area contributed by atoms with E-state index >= 15 is 0 Å². The van der Waals surface area contributed by atoms with Crippen LogP contribution in [-0.4, -0.2) is 43.0 Å². The van der Waals surface area contributed by atoms with E-state index in [9.17, 15) is 4.79 Å². The van der Waals surface area contributed by atoms with Gasteiger partial charge in [-0.2, -0.15) is 11.8 Å². The molecule has 0 saturated carbocycles. The van der Waals surface area contributed by atoms with Crippen LogP contribution in [0.2, 0.25) is 0 Å². The lowest BCUT2D eigenvalue weighted by atomic mass is 10.1. The van der Waals surface area contributed by atoms with Crippen molar-refractivity contribution in [1.29, 1.82) is 0 Å². The predicted molar refractivity (Wildman–Crippen MR) is 78.4 cm³/mol. The lowest BCUT2D eigenvalue weighted by Gasteiger charge is -2.17. The standard InChI is InChI=1S/C14H20N2OS/c1-16(2)14(17)12-5-3-4-6-13(12)15-9-11-7-8-18-10-11/h3-6,11,15H,7-10H2,1-2H3. The van der Waals surface area contributed by atoms with E-state index in [1.54, 1.807) is 19.0 Å². The van der Waals surface area contributed by atoms with Crippen molar-refractivity contribution in [3.05, 3.63) is 29.8 Å². The molecule has 1 atom stereocenters. The highest BCUT2D eigenvalue weighted by atomic mass is 32.2. The van der Waals surface area contributed by atoms with E-state index in [1.165, 1.54) is 17.9 Å². The van der Waals surface area contributed by atoms with Crippen LogP contribution in [0.1, 0.15) is 16.8 Å². The van der Waals surface area contributed by atoms with Crippen molar-refractivity contribution in [3.63, 3.8) is 0 Å². The molecule has 1 fully saturated rings. The van der Waals surface area contributed by atoms with E-state index in [0.717, 1.165) is 23.7 Å². The van der Waals surface area contributed by atoms with Crippen molar-refractivity contribution in [2.45, 2.75) is 6.42 Å². The first-order valence-electron chi connectivity index (χ1n) is 6.31. The monoisotopic (exact) mass is 264 g/mol. The van der Waals surface area contributed by atoms with Crippen LogP contribution in [0, 0.1) is 5.92 Å². The molecule has 0 aromatic heterocycles. The molecule has 18 heavy (non-hydrogen) atoms. The third kappa shape index (κ3) is 3.19. The minimum atomic E-state index is 0.0545. The van der Waals surface area contributed by atoms with Crippen LogP contribution >= 0.6 is 11.8 Å². The minimum Gasteiger partial charge on any atom is -0.384 e. The normalized spacial score (nSPS) is 18.7. The molecular formula is C14H20N2OS. The van der Waals surface area contributed by atoms with Crippen molar-refractivity contribution >= 4 is 23.4 Å². The van der Waals surface area contributed by atoms with E-state index in [4.69, 9.17) is 0 Å². The van der Waals surface area contributed by atoms with Crippen molar-refractivity contribution in [2.24, 2.45) is 5.92 Å². The van der Waals surface area contributed by atoms with E-state index in [2.05, 4.69) is 5.32 Å². The fourth-order valence-electron chi connectivity index (χ4n) is 2.06. The molecule has 4 heteroatoms. The summed E-state index contributed by atoms with van der Waals surface area (Å²) < 4.78 is 0. The molecular weight excluding hydrogens is 244 g/mol. The molecule has 1 aliphatic heterocycles. The Hall–Kier alpha value is -1.16. The molecule has 1 aromatic rings. The second-order valence-corrected chi connectivity index (χ2v) is 6.01. The van der Waals surface area contributed by atoms with E-state index in [1.807, 2.05) is 36.0 Å². The number of rotatable bonds is 4. The summed E-state index contributed by atoms with van der Waals surface area (Å²) in [5.41, 5.74) is 1.71. The average molecular weight is 264 g/mol. The first-order valence-corrected chi connectivity index (χ1v) is 7.46. The van der Waals surface area contributed by atoms with Crippen LogP contribution in [0.4, 0.5) is 5.69 Å². The number of carbonyl (C=O) groups excluding carboxylic acids is 1. The third-order valence-electron chi connectivity index (χ3n) is 3.17. The average Bonchev–Trinajstić information content (AvgIpc) is 2.89. The molecule has 0 bridgehead atoms. The van der Waals surface area contributed by atoms with Crippen molar-refractivity contribution in [2.75, 3.05) is 37.5 Å². The minimum absolute atomic E-state index is 0.0545. The Bertz CT molecular complexity index is 414. The number of anilines is 1. The van der Waals surface area contributed by atoms with Crippen molar-refractivity contribution in [1.82, 2.24) is 4.90 Å². The van der Waals surface area contributed by atoms with Gasteiger partial charge in [0, 0.05) is 26.3 Å². The zero-order valence-corrected chi connectivity index (χ0v) is 11.8. The van der Waals surface area contributed by atoms with E-state index in [-0.39, 0.29) is 5.91 Å². The number of hydrogen-bond donors (Lipinski definition) is 1. The number of nitrogens with one attached hydrogen (secondary N) is 1. The van der Waals surface area contributed by atoms with Gasteiger partial charge in [-0.15, -0.1) is 0 Å². The van der Waals surface area contributed by atoms with Crippen LogP contribution in [0.15, 0.2) is 24.3 Å². The van der Waals surface area contributed by atoms with Gasteiger partial charge in [0.15, 0.2) is 0 Å². The predicted octanol–water partition coefficient (Wildman–Crippen LogP) is 2.55. The number of para-hydroxylation sites is 1. The third-order valence-corrected chi connectivity index (χ3v) is 4.40. The first kappa shape index (κ1) is 13.3. The summed E-state index contributed by atoms with van der Waals surface area (Å²) in [7, 11) is 3.57. The Morgan fingerprint density at radius 1 is 1.44 bits per heavy atom. The number of nitrogens with zero attached hydrogens (tertiary/aromatic N) is 1. The molecule has 1 heterocycles. The Morgan fingerprint density at radius 2 is 2.22 bits per heavy atom. The molecule has 0 aliphatic carbocycles. The number of benzene rings is 1. The van der Waals surface area contributed by atoms with Crippen LogP contribution in [0.3, 0.4) is 0 Å². The van der Waals surface area contributed by atoms with Crippen LogP contribution in [-0.2, 0) is 0 Å². The van der Waals surface area contributed by atoms with E-state index in [0.29, 0.717) is 0 Å². The number of amides is 1. The molecule has 1 aliphatic rings. The fraction of sp³-hybridized carbons (Fsp3) is 0.500. The molecule has 1 unspecified atom stereocenters. The van der Waals surface area contributed by atoms with Crippen LogP contribution in [0.5, 0.6) is 0 Å². The molecule has 3 nitrogen and oxygen atoms in total. The zero-order chi connectivity index (χ0) is 13.0. The molecule has 0 radical (unpaired) electrons. The van der Waals surface area contributed by atoms with Gasteiger partial charge in [-0.05, 0) is 36.0 Å². The van der Waals surface area contributed by atoms with Gasteiger partial charge < -0.3 is 10.2 Å². The molecule has 0 spiro atoms. The highest BCUT2D eigenvalue weighted by Gasteiger charge is 2.17. The summed E-state index contributed by atoms with van der Waals surface area (Å²) in [5, 5.41) is 3.43. The number of thioether (sulfide) groups is 1. The second kappa shape index (κ2) is 6.14. The summed E-state index contributed by atoms with van der Waals surface area (Å²) in [4.78, 5) is 13.7. The SMILES string of the molecule is CN(C)C(=O)c1ccccc1NCC1CCSC1. The quantitative estimate of drug-likeness (QED) is 0.907. The summed E-state index contributed by atoms with van der Waals surface area (Å²) in [6, 6.07) is 7.75. The van der Waals surface area contributed by atoms with Gasteiger partial charge in [0.1, 0.15) is 0 Å². The van der Waals surface area contributed by atoms with Gasteiger partial charge in [-0.3, -0.25) is 4.79 Å². The molecule has 1 aromatic carbocycles. The lowest BCUT2D eigenvalue weighted by Crippen LogP contribution is -2.23. The summed E-state index contributed by atoms with van der Waals surface area (Å²) in [6.07, 6.45) is 1.28. The first-order chi connectivity index (χ1) is 8.68. The highest BCUT2D eigenvalue weighted by Crippen LogP contribution is 2.24. The largest absolute Gasteiger partial charge is 0.384 e. The van der Waals surface area contributed by atoms with Gasteiger partial charge in [0.05, 0.1) is 5.56 Å². The van der Waals surface area contributed by atoms with E-state index < -0.39 is 0 Å².